The van der Waals surface area contributed by atoms with Crippen molar-refractivity contribution in [1.29, 1.82) is 0 Å². The number of hydrogen-bond donors (Lipinski definition) is 3. The van der Waals surface area contributed by atoms with Crippen molar-refractivity contribution in [3.8, 4) is 0 Å². The van der Waals surface area contributed by atoms with Gasteiger partial charge in [0, 0.05) is 12.2 Å². The molecule has 0 aromatic heterocycles. The zero-order valence-corrected chi connectivity index (χ0v) is 9.69. The Morgan fingerprint density at radius 3 is 2.67 bits per heavy atom. The standard InChI is InChI=1S/C8H12ClN3O2S/c1-2-11-15(13,14)12-8-4-3-6(10)5-7(8)9/h3-5,11-12H,2,10H2,1H3. The van der Waals surface area contributed by atoms with E-state index in [4.69, 9.17) is 17.3 Å². The highest BCUT2D eigenvalue weighted by molar-refractivity contribution is 7.90. The fourth-order valence-corrected chi connectivity index (χ4v) is 2.20. The first-order chi connectivity index (χ1) is 6.94. The fourth-order valence-electron chi connectivity index (χ4n) is 0.985. The molecule has 0 saturated heterocycles. The van der Waals surface area contributed by atoms with Crippen LogP contribution < -0.4 is 15.2 Å². The molecule has 0 amide bonds. The molecule has 0 atom stereocenters. The Labute approximate surface area is 93.8 Å². The Hall–Kier alpha value is -0.980. The number of nitrogens with one attached hydrogen (secondary N) is 2. The van der Waals surface area contributed by atoms with Crippen LogP contribution in [0.4, 0.5) is 11.4 Å². The lowest BCUT2D eigenvalue weighted by atomic mass is 10.3. The summed E-state index contributed by atoms with van der Waals surface area (Å²) in [6.45, 7) is 1.99. The van der Waals surface area contributed by atoms with Crippen molar-refractivity contribution >= 4 is 33.2 Å². The monoisotopic (exact) mass is 249 g/mol. The van der Waals surface area contributed by atoms with E-state index in [1.54, 1.807) is 13.0 Å². The van der Waals surface area contributed by atoms with Crippen LogP contribution in [0, 0.1) is 0 Å². The van der Waals surface area contributed by atoms with Crippen LogP contribution >= 0.6 is 11.6 Å². The molecule has 7 heteroatoms. The first-order valence-electron chi connectivity index (χ1n) is 4.27. The highest BCUT2D eigenvalue weighted by Gasteiger charge is 2.10. The number of rotatable bonds is 4. The van der Waals surface area contributed by atoms with Gasteiger partial charge in [0.1, 0.15) is 0 Å². The Bertz CT molecular complexity index is 447. The van der Waals surface area contributed by atoms with Gasteiger partial charge in [0.15, 0.2) is 0 Å². The molecule has 4 N–H and O–H groups in total. The van der Waals surface area contributed by atoms with Gasteiger partial charge < -0.3 is 5.73 Å². The van der Waals surface area contributed by atoms with Gasteiger partial charge >= 0.3 is 0 Å². The molecule has 0 aliphatic heterocycles. The molecule has 1 aromatic rings. The van der Waals surface area contributed by atoms with Gasteiger partial charge in [-0.1, -0.05) is 18.5 Å². The SMILES string of the molecule is CCNS(=O)(=O)Nc1ccc(N)cc1Cl. The minimum atomic E-state index is -3.55. The summed E-state index contributed by atoms with van der Waals surface area (Å²) >= 11 is 5.80. The first kappa shape index (κ1) is 12.1. The molecule has 0 bridgehead atoms. The maximum Gasteiger partial charge on any atom is 0.299 e. The van der Waals surface area contributed by atoms with Gasteiger partial charge in [0.25, 0.3) is 10.2 Å². The van der Waals surface area contributed by atoms with Crippen LogP contribution in [0.25, 0.3) is 0 Å². The van der Waals surface area contributed by atoms with Crippen LogP contribution in [0.2, 0.25) is 5.02 Å². The minimum Gasteiger partial charge on any atom is -0.399 e. The normalized spacial score (nSPS) is 11.3. The number of anilines is 2. The Kier molecular flexibility index (Phi) is 3.78. The molecule has 1 aromatic carbocycles. The molecule has 0 saturated carbocycles. The number of nitrogens with two attached hydrogens (primary N) is 1. The molecular weight excluding hydrogens is 238 g/mol. The number of halogens is 1. The summed E-state index contributed by atoms with van der Waals surface area (Å²) in [6.07, 6.45) is 0. The molecule has 5 nitrogen and oxygen atoms in total. The van der Waals surface area contributed by atoms with Gasteiger partial charge in [-0.15, -0.1) is 0 Å². The summed E-state index contributed by atoms with van der Waals surface area (Å²) in [4.78, 5) is 0. The van der Waals surface area contributed by atoms with E-state index in [0.29, 0.717) is 17.9 Å². The summed E-state index contributed by atoms with van der Waals surface area (Å²) in [5.41, 5.74) is 6.25. The second-order valence-electron chi connectivity index (χ2n) is 2.84. The molecule has 15 heavy (non-hydrogen) atoms. The largest absolute Gasteiger partial charge is 0.399 e. The fraction of sp³-hybridized carbons (Fsp3) is 0.250. The molecule has 1 rings (SSSR count). The van der Waals surface area contributed by atoms with Crippen molar-refractivity contribution in [3.05, 3.63) is 23.2 Å². The van der Waals surface area contributed by atoms with Gasteiger partial charge in [0.2, 0.25) is 0 Å². The quantitative estimate of drug-likeness (QED) is 0.701. The van der Waals surface area contributed by atoms with E-state index in [9.17, 15) is 8.42 Å². The second kappa shape index (κ2) is 4.69. The summed E-state index contributed by atoms with van der Waals surface area (Å²) in [5.74, 6) is 0. The van der Waals surface area contributed by atoms with Crippen LogP contribution in [0.15, 0.2) is 18.2 Å². The van der Waals surface area contributed by atoms with Gasteiger partial charge in [-0.2, -0.15) is 13.1 Å². The van der Waals surface area contributed by atoms with E-state index in [2.05, 4.69) is 9.44 Å². The van der Waals surface area contributed by atoms with E-state index in [0.717, 1.165) is 0 Å². The van der Waals surface area contributed by atoms with Gasteiger partial charge in [-0.05, 0) is 18.2 Å². The Balaban J connectivity index is 2.90. The van der Waals surface area contributed by atoms with E-state index in [-0.39, 0.29) is 5.02 Å². The zero-order chi connectivity index (χ0) is 11.5. The highest BCUT2D eigenvalue weighted by Crippen LogP contribution is 2.24. The topological polar surface area (TPSA) is 84.2 Å². The molecule has 0 heterocycles. The maximum atomic E-state index is 11.3. The smallest absolute Gasteiger partial charge is 0.299 e. The molecule has 0 fully saturated rings. The predicted octanol–water partition coefficient (Wildman–Crippen LogP) is 1.19. The van der Waals surface area contributed by atoms with E-state index in [1.165, 1.54) is 12.1 Å². The van der Waals surface area contributed by atoms with Crippen molar-refractivity contribution < 1.29 is 8.42 Å². The molecule has 0 aliphatic rings. The van der Waals surface area contributed by atoms with Crippen molar-refractivity contribution in [3.63, 3.8) is 0 Å². The Morgan fingerprint density at radius 2 is 2.13 bits per heavy atom. The van der Waals surface area contributed by atoms with E-state index in [1.807, 2.05) is 0 Å². The van der Waals surface area contributed by atoms with Gasteiger partial charge in [-0.25, -0.2) is 0 Å². The third kappa shape index (κ3) is 3.58. The van der Waals surface area contributed by atoms with Crippen molar-refractivity contribution in [1.82, 2.24) is 4.72 Å². The van der Waals surface area contributed by atoms with E-state index >= 15 is 0 Å². The summed E-state index contributed by atoms with van der Waals surface area (Å²) < 4.78 is 27.2. The average Bonchev–Trinajstić information content (AvgIpc) is 2.09. The van der Waals surface area contributed by atoms with Gasteiger partial charge in [0.05, 0.1) is 10.7 Å². The lowest BCUT2D eigenvalue weighted by Crippen LogP contribution is -2.29. The molecule has 0 aliphatic carbocycles. The van der Waals surface area contributed by atoms with E-state index < -0.39 is 10.2 Å². The minimum absolute atomic E-state index is 0.261. The number of nitrogen functional groups attached to an aromatic ring is 1. The zero-order valence-electron chi connectivity index (χ0n) is 8.12. The molecule has 0 spiro atoms. The summed E-state index contributed by atoms with van der Waals surface area (Å²) in [7, 11) is -3.55. The van der Waals surface area contributed by atoms with Crippen molar-refractivity contribution in [2.75, 3.05) is 17.0 Å². The molecular formula is C8H12ClN3O2S. The summed E-state index contributed by atoms with van der Waals surface area (Å²) in [5, 5.41) is 0.261. The third-order valence-electron chi connectivity index (χ3n) is 1.57. The molecule has 0 radical (unpaired) electrons. The lowest BCUT2D eigenvalue weighted by Gasteiger charge is -2.09. The van der Waals surface area contributed by atoms with Crippen LogP contribution in [0.5, 0.6) is 0 Å². The predicted molar refractivity (Wildman–Crippen MR) is 62.1 cm³/mol. The lowest BCUT2D eigenvalue weighted by molar-refractivity contribution is 0.589. The van der Waals surface area contributed by atoms with Crippen LogP contribution in [0.1, 0.15) is 6.92 Å². The van der Waals surface area contributed by atoms with Crippen LogP contribution in [-0.4, -0.2) is 15.0 Å². The maximum absolute atomic E-state index is 11.3. The van der Waals surface area contributed by atoms with Crippen LogP contribution in [0.3, 0.4) is 0 Å². The third-order valence-corrected chi connectivity index (χ3v) is 3.04. The molecule has 84 valence electrons. The number of hydrogen-bond acceptors (Lipinski definition) is 3. The second-order valence-corrected chi connectivity index (χ2v) is 4.75. The molecule has 0 unspecified atom stereocenters. The van der Waals surface area contributed by atoms with Gasteiger partial charge in [-0.3, -0.25) is 4.72 Å². The average molecular weight is 250 g/mol. The summed E-state index contributed by atoms with van der Waals surface area (Å²) in [6, 6.07) is 4.55. The van der Waals surface area contributed by atoms with Crippen molar-refractivity contribution in [2.24, 2.45) is 0 Å². The highest BCUT2D eigenvalue weighted by atomic mass is 35.5. The Morgan fingerprint density at radius 1 is 1.47 bits per heavy atom. The van der Waals surface area contributed by atoms with Crippen LogP contribution in [-0.2, 0) is 10.2 Å². The number of benzene rings is 1. The first-order valence-corrected chi connectivity index (χ1v) is 6.13. The van der Waals surface area contributed by atoms with Crippen molar-refractivity contribution in [2.45, 2.75) is 6.92 Å².